The summed E-state index contributed by atoms with van der Waals surface area (Å²) in [4.78, 5) is 4.55. The molecule has 1 aromatic carbocycles. The van der Waals surface area contributed by atoms with Crippen molar-refractivity contribution in [2.45, 2.75) is 19.4 Å². The molecule has 2 aromatic heterocycles. The fourth-order valence-corrected chi connectivity index (χ4v) is 2.96. The van der Waals surface area contributed by atoms with Crippen molar-refractivity contribution in [1.29, 1.82) is 5.26 Å². The van der Waals surface area contributed by atoms with E-state index in [9.17, 15) is 0 Å². The Bertz CT molecular complexity index is 720. The fourth-order valence-electron chi connectivity index (χ4n) is 2.26. The van der Waals surface area contributed by atoms with E-state index < -0.39 is 0 Å². The number of thiophene rings is 1. The quantitative estimate of drug-likeness (QED) is 0.727. The molecule has 3 nitrogen and oxygen atoms in total. The standard InChI is InChI=1S/C15H13N3S/c16-8-5-15-17-13-3-1-2-4-14(13)18(15)9-6-12-7-10-19-11-12/h1-4,7,10-11H,5-6,9H2. The predicted octanol–water partition coefficient (Wildman–Crippen LogP) is 3.41. The summed E-state index contributed by atoms with van der Waals surface area (Å²) in [5.74, 6) is 0.860. The molecular weight excluding hydrogens is 254 g/mol. The van der Waals surface area contributed by atoms with Crippen molar-refractivity contribution >= 4 is 22.4 Å². The number of nitrogens with zero attached hydrogens (tertiary/aromatic N) is 3. The average molecular weight is 267 g/mol. The molecule has 0 bridgehead atoms. The molecule has 0 spiro atoms. The smallest absolute Gasteiger partial charge is 0.124 e. The highest BCUT2D eigenvalue weighted by Gasteiger charge is 2.09. The van der Waals surface area contributed by atoms with Gasteiger partial charge in [-0.05, 0) is 40.9 Å². The van der Waals surface area contributed by atoms with Crippen LogP contribution in [-0.4, -0.2) is 9.55 Å². The summed E-state index contributed by atoms with van der Waals surface area (Å²) in [5, 5.41) is 13.2. The molecule has 4 heteroatoms. The largest absolute Gasteiger partial charge is 0.327 e. The molecule has 0 aliphatic heterocycles. The Morgan fingerprint density at radius 2 is 2.16 bits per heavy atom. The predicted molar refractivity (Wildman–Crippen MR) is 77.1 cm³/mol. The molecule has 0 fully saturated rings. The molecule has 0 aliphatic rings. The molecule has 0 radical (unpaired) electrons. The maximum absolute atomic E-state index is 8.92. The molecule has 3 aromatic rings. The van der Waals surface area contributed by atoms with Crippen LogP contribution in [-0.2, 0) is 19.4 Å². The second kappa shape index (κ2) is 5.25. The molecular formula is C15H13N3S. The van der Waals surface area contributed by atoms with Gasteiger partial charge >= 0.3 is 0 Å². The van der Waals surface area contributed by atoms with Gasteiger partial charge in [0.1, 0.15) is 5.82 Å². The van der Waals surface area contributed by atoms with Crippen LogP contribution in [0.4, 0.5) is 0 Å². The second-order valence-electron chi connectivity index (χ2n) is 4.38. The zero-order valence-electron chi connectivity index (χ0n) is 10.4. The van der Waals surface area contributed by atoms with Gasteiger partial charge < -0.3 is 4.57 Å². The van der Waals surface area contributed by atoms with Crippen molar-refractivity contribution in [2.24, 2.45) is 0 Å². The molecule has 3 rings (SSSR count). The Hall–Kier alpha value is -2.12. The van der Waals surface area contributed by atoms with Crippen molar-refractivity contribution in [3.8, 4) is 6.07 Å². The maximum Gasteiger partial charge on any atom is 0.124 e. The number of para-hydroxylation sites is 2. The Morgan fingerprint density at radius 1 is 1.26 bits per heavy atom. The van der Waals surface area contributed by atoms with Crippen LogP contribution in [0.5, 0.6) is 0 Å². The van der Waals surface area contributed by atoms with Gasteiger partial charge in [0.25, 0.3) is 0 Å². The van der Waals surface area contributed by atoms with Gasteiger partial charge in [0, 0.05) is 6.54 Å². The van der Waals surface area contributed by atoms with E-state index in [1.165, 1.54) is 5.56 Å². The van der Waals surface area contributed by atoms with E-state index in [4.69, 9.17) is 5.26 Å². The number of hydrogen-bond acceptors (Lipinski definition) is 3. The first-order valence-electron chi connectivity index (χ1n) is 6.20. The molecule has 0 amide bonds. The van der Waals surface area contributed by atoms with E-state index in [-0.39, 0.29) is 0 Å². The summed E-state index contributed by atoms with van der Waals surface area (Å²) in [6.07, 6.45) is 1.33. The van der Waals surface area contributed by atoms with Gasteiger partial charge in [-0.2, -0.15) is 16.6 Å². The van der Waals surface area contributed by atoms with Gasteiger partial charge in [0.15, 0.2) is 0 Å². The molecule has 19 heavy (non-hydrogen) atoms. The van der Waals surface area contributed by atoms with Crippen LogP contribution < -0.4 is 0 Å². The van der Waals surface area contributed by atoms with Gasteiger partial charge in [-0.25, -0.2) is 4.98 Å². The van der Waals surface area contributed by atoms with Crippen LogP contribution in [0.2, 0.25) is 0 Å². The summed E-state index contributed by atoms with van der Waals surface area (Å²) in [6, 6.07) is 12.4. The Labute approximate surface area is 115 Å². The highest BCUT2D eigenvalue weighted by atomic mass is 32.1. The lowest BCUT2D eigenvalue weighted by Crippen LogP contribution is -2.05. The van der Waals surface area contributed by atoms with Crippen molar-refractivity contribution in [2.75, 3.05) is 0 Å². The van der Waals surface area contributed by atoms with Crippen LogP contribution in [0.15, 0.2) is 41.1 Å². The molecule has 2 heterocycles. The number of imidazole rings is 1. The van der Waals surface area contributed by atoms with E-state index >= 15 is 0 Å². The van der Waals surface area contributed by atoms with E-state index in [2.05, 4.69) is 38.5 Å². The van der Waals surface area contributed by atoms with Gasteiger partial charge in [-0.15, -0.1) is 0 Å². The molecule has 0 unspecified atom stereocenters. The minimum atomic E-state index is 0.359. The summed E-state index contributed by atoms with van der Waals surface area (Å²) in [5.41, 5.74) is 3.42. The molecule has 0 atom stereocenters. The third-order valence-electron chi connectivity index (χ3n) is 3.17. The highest BCUT2D eigenvalue weighted by Crippen LogP contribution is 2.17. The Morgan fingerprint density at radius 3 is 2.95 bits per heavy atom. The number of rotatable bonds is 4. The minimum Gasteiger partial charge on any atom is -0.327 e. The van der Waals surface area contributed by atoms with Gasteiger partial charge in [-0.1, -0.05) is 12.1 Å². The monoisotopic (exact) mass is 267 g/mol. The lowest BCUT2D eigenvalue weighted by molar-refractivity contribution is 0.684. The molecule has 0 saturated heterocycles. The summed E-state index contributed by atoms with van der Waals surface area (Å²) in [7, 11) is 0. The maximum atomic E-state index is 8.92. The lowest BCUT2D eigenvalue weighted by atomic mass is 10.2. The van der Waals surface area contributed by atoms with E-state index in [0.29, 0.717) is 6.42 Å². The fraction of sp³-hybridized carbons (Fsp3) is 0.200. The van der Waals surface area contributed by atoms with E-state index in [1.54, 1.807) is 11.3 Å². The zero-order valence-corrected chi connectivity index (χ0v) is 11.2. The van der Waals surface area contributed by atoms with Gasteiger partial charge in [0.05, 0.1) is 23.5 Å². The van der Waals surface area contributed by atoms with Crippen molar-refractivity contribution in [1.82, 2.24) is 9.55 Å². The summed E-state index contributed by atoms with van der Waals surface area (Å²) >= 11 is 1.72. The zero-order chi connectivity index (χ0) is 13.1. The van der Waals surface area contributed by atoms with Crippen LogP contribution in [0.3, 0.4) is 0 Å². The van der Waals surface area contributed by atoms with E-state index in [0.717, 1.165) is 29.8 Å². The first kappa shape index (κ1) is 11.9. The van der Waals surface area contributed by atoms with Crippen molar-refractivity contribution in [3.63, 3.8) is 0 Å². The molecule has 0 saturated carbocycles. The van der Waals surface area contributed by atoms with Gasteiger partial charge in [0.2, 0.25) is 0 Å². The first-order valence-corrected chi connectivity index (χ1v) is 7.15. The third-order valence-corrected chi connectivity index (χ3v) is 3.91. The summed E-state index contributed by atoms with van der Waals surface area (Å²) < 4.78 is 2.16. The number of hydrogen-bond donors (Lipinski definition) is 0. The lowest BCUT2D eigenvalue weighted by Gasteiger charge is -2.06. The van der Waals surface area contributed by atoms with Crippen LogP contribution >= 0.6 is 11.3 Å². The summed E-state index contributed by atoms with van der Waals surface area (Å²) in [6.45, 7) is 0.869. The SMILES string of the molecule is N#CCc1nc2ccccc2n1CCc1ccsc1. The van der Waals surface area contributed by atoms with Crippen molar-refractivity contribution < 1.29 is 0 Å². The van der Waals surface area contributed by atoms with Crippen LogP contribution in [0.25, 0.3) is 11.0 Å². The first-order chi connectivity index (χ1) is 9.38. The number of benzene rings is 1. The highest BCUT2D eigenvalue weighted by molar-refractivity contribution is 7.07. The topological polar surface area (TPSA) is 41.6 Å². The minimum absolute atomic E-state index is 0.359. The van der Waals surface area contributed by atoms with Crippen LogP contribution in [0, 0.1) is 11.3 Å². The Balaban J connectivity index is 1.95. The molecule has 0 aliphatic carbocycles. The molecule has 0 N–H and O–H groups in total. The normalized spacial score (nSPS) is 10.7. The number of fused-ring (bicyclic) bond motifs is 1. The van der Waals surface area contributed by atoms with Crippen LogP contribution in [0.1, 0.15) is 11.4 Å². The second-order valence-corrected chi connectivity index (χ2v) is 5.16. The van der Waals surface area contributed by atoms with Gasteiger partial charge in [-0.3, -0.25) is 0 Å². The number of aryl methyl sites for hydroxylation is 2. The average Bonchev–Trinajstić information content (AvgIpc) is 3.04. The number of aromatic nitrogens is 2. The third kappa shape index (κ3) is 2.38. The van der Waals surface area contributed by atoms with Crippen molar-refractivity contribution in [3.05, 3.63) is 52.5 Å². The number of nitriles is 1. The Kier molecular flexibility index (Phi) is 3.30. The van der Waals surface area contributed by atoms with E-state index in [1.807, 2.05) is 18.2 Å². The molecule has 94 valence electrons.